The molecule has 0 unspecified atom stereocenters. The molecule has 1 aliphatic rings. The smallest absolute Gasteiger partial charge is 0.407 e. The van der Waals surface area contributed by atoms with Gasteiger partial charge in [-0.2, -0.15) is 0 Å². The molecule has 2 aromatic carbocycles. The first-order chi connectivity index (χ1) is 21.3. The average molecular weight is 631 g/mol. The molecule has 0 radical (unpaired) electrons. The van der Waals surface area contributed by atoms with Crippen LogP contribution in [-0.4, -0.2) is 47.1 Å². The summed E-state index contributed by atoms with van der Waals surface area (Å²) in [5.41, 5.74) is 4.91. The second-order valence-corrected chi connectivity index (χ2v) is 14.4. The number of nitrogens with one attached hydrogen (secondary N) is 3. The fraction of sp³-hybridized carbons (Fsp3) is 0.412. The van der Waals surface area contributed by atoms with Gasteiger partial charge in [-0.05, 0) is 120 Å². The molecule has 45 heavy (non-hydrogen) atoms. The lowest BCUT2D eigenvalue weighted by Gasteiger charge is -2.30. The van der Waals surface area contributed by atoms with E-state index in [1.807, 2.05) is 59.0 Å². The fourth-order valence-corrected chi connectivity index (χ4v) is 6.76. The summed E-state index contributed by atoms with van der Waals surface area (Å²) in [4.78, 5) is 26.4. The molecule has 4 aromatic rings. The standard InChI is InChI=1S/C34H42N6O4S/c1-7-23-18-24(29-15-16-30(36-22(29)3)40-45(42,43)28-10-8-9-21(2)17-28)19-25-20-35-32(39-31(23)25)37-26-11-13-27(14-12-26)38-33(41)44-34(4,5)6/h8-10,15-20,26-27H,7,11-14H2,1-6H3,(H,36,40)(H,38,41)(H,35,37,39)/t26-,27-. The summed E-state index contributed by atoms with van der Waals surface area (Å²) >= 11 is 0. The quantitative estimate of drug-likeness (QED) is 0.191. The van der Waals surface area contributed by atoms with Crippen molar-refractivity contribution in [2.45, 2.75) is 96.2 Å². The van der Waals surface area contributed by atoms with E-state index in [4.69, 9.17) is 9.72 Å². The summed E-state index contributed by atoms with van der Waals surface area (Å²) in [6.07, 6.45) is 5.75. The van der Waals surface area contributed by atoms with Gasteiger partial charge < -0.3 is 15.4 Å². The van der Waals surface area contributed by atoms with Gasteiger partial charge in [-0.25, -0.2) is 28.2 Å². The van der Waals surface area contributed by atoms with Crippen LogP contribution < -0.4 is 15.4 Å². The number of rotatable bonds is 8. The summed E-state index contributed by atoms with van der Waals surface area (Å²) in [6.45, 7) is 11.4. The molecular formula is C34H42N6O4S. The maximum atomic E-state index is 12.9. The molecule has 238 valence electrons. The first kappa shape index (κ1) is 32.2. The molecule has 2 heterocycles. The molecule has 5 rings (SSSR count). The van der Waals surface area contributed by atoms with E-state index in [2.05, 4.69) is 38.3 Å². The van der Waals surface area contributed by atoms with Crippen LogP contribution in [-0.2, 0) is 21.2 Å². The number of hydrogen-bond acceptors (Lipinski definition) is 8. The Morgan fingerprint density at radius 3 is 2.38 bits per heavy atom. The number of aryl methyl sites for hydroxylation is 3. The monoisotopic (exact) mass is 630 g/mol. The third-order valence-corrected chi connectivity index (χ3v) is 9.21. The first-order valence-corrected chi connectivity index (χ1v) is 16.9. The number of sulfonamides is 1. The predicted octanol–water partition coefficient (Wildman–Crippen LogP) is 6.92. The van der Waals surface area contributed by atoms with Crippen LogP contribution in [0.25, 0.3) is 22.0 Å². The van der Waals surface area contributed by atoms with Crippen LogP contribution in [0.15, 0.2) is 59.6 Å². The van der Waals surface area contributed by atoms with Gasteiger partial charge in [0.25, 0.3) is 10.0 Å². The van der Waals surface area contributed by atoms with Crippen molar-refractivity contribution in [3.63, 3.8) is 0 Å². The third kappa shape index (κ3) is 8.08. The zero-order valence-electron chi connectivity index (χ0n) is 26.8. The maximum Gasteiger partial charge on any atom is 0.407 e. The second-order valence-electron chi connectivity index (χ2n) is 12.7. The highest BCUT2D eigenvalue weighted by molar-refractivity contribution is 7.92. The van der Waals surface area contributed by atoms with Gasteiger partial charge in [0.05, 0.1) is 10.4 Å². The molecule has 0 spiro atoms. The Morgan fingerprint density at radius 1 is 0.978 bits per heavy atom. The van der Waals surface area contributed by atoms with Crippen LogP contribution in [0, 0.1) is 13.8 Å². The van der Waals surface area contributed by atoms with Crippen LogP contribution in [0.1, 0.15) is 70.2 Å². The predicted molar refractivity (Wildman–Crippen MR) is 178 cm³/mol. The van der Waals surface area contributed by atoms with E-state index < -0.39 is 15.6 Å². The number of carbonyl (C=O) groups is 1. The second kappa shape index (κ2) is 13.0. The number of carbonyl (C=O) groups excluding carboxylic acids is 1. The molecule has 2 aromatic heterocycles. The zero-order chi connectivity index (χ0) is 32.4. The number of amides is 1. The summed E-state index contributed by atoms with van der Waals surface area (Å²) in [5, 5.41) is 7.41. The van der Waals surface area contributed by atoms with E-state index in [9.17, 15) is 13.2 Å². The normalized spacial score (nSPS) is 17.1. The van der Waals surface area contributed by atoms with Crippen molar-refractivity contribution in [3.05, 3.63) is 71.5 Å². The molecule has 3 N–H and O–H groups in total. The van der Waals surface area contributed by atoms with E-state index in [-0.39, 0.29) is 28.9 Å². The van der Waals surface area contributed by atoms with Crippen molar-refractivity contribution < 1.29 is 17.9 Å². The van der Waals surface area contributed by atoms with Gasteiger partial charge >= 0.3 is 6.09 Å². The minimum Gasteiger partial charge on any atom is -0.444 e. The van der Waals surface area contributed by atoms with E-state index in [0.29, 0.717) is 11.6 Å². The van der Waals surface area contributed by atoms with Gasteiger partial charge in [-0.15, -0.1) is 0 Å². The highest BCUT2D eigenvalue weighted by Gasteiger charge is 2.25. The number of anilines is 2. The van der Waals surface area contributed by atoms with Crippen LogP contribution in [0.5, 0.6) is 0 Å². The number of fused-ring (bicyclic) bond motifs is 1. The van der Waals surface area contributed by atoms with Crippen molar-refractivity contribution in [1.82, 2.24) is 20.3 Å². The number of nitrogens with zero attached hydrogens (tertiary/aromatic N) is 3. The van der Waals surface area contributed by atoms with Gasteiger partial charge in [0, 0.05) is 34.9 Å². The van der Waals surface area contributed by atoms with Crippen LogP contribution in [0.4, 0.5) is 16.6 Å². The summed E-state index contributed by atoms with van der Waals surface area (Å²) in [7, 11) is -3.76. The van der Waals surface area contributed by atoms with E-state index in [1.165, 1.54) is 0 Å². The topological polar surface area (TPSA) is 135 Å². The van der Waals surface area contributed by atoms with Crippen molar-refractivity contribution in [2.24, 2.45) is 0 Å². The molecule has 0 saturated heterocycles. The lowest BCUT2D eigenvalue weighted by Crippen LogP contribution is -2.42. The SMILES string of the molecule is CCc1cc(-c2ccc(NS(=O)(=O)c3cccc(C)c3)nc2C)cc2cnc(N[C@H]3CC[C@H](NC(=O)OC(C)(C)C)CC3)nc12. The highest BCUT2D eigenvalue weighted by atomic mass is 32.2. The Labute approximate surface area is 265 Å². The Balaban J connectivity index is 1.28. The van der Waals surface area contributed by atoms with E-state index in [1.54, 1.807) is 24.3 Å². The molecule has 1 saturated carbocycles. The van der Waals surface area contributed by atoms with Gasteiger partial charge in [0.15, 0.2) is 0 Å². The summed E-state index contributed by atoms with van der Waals surface area (Å²) < 4.78 is 33.8. The van der Waals surface area contributed by atoms with Gasteiger partial charge in [0.2, 0.25) is 5.95 Å². The number of alkyl carbamates (subject to hydrolysis) is 1. The number of hydrogen-bond donors (Lipinski definition) is 3. The van der Waals surface area contributed by atoms with Crippen molar-refractivity contribution >= 4 is 38.8 Å². The number of benzene rings is 2. The van der Waals surface area contributed by atoms with Gasteiger partial charge in [-0.1, -0.05) is 19.1 Å². The lowest BCUT2D eigenvalue weighted by molar-refractivity contribution is 0.0492. The molecule has 1 fully saturated rings. The average Bonchev–Trinajstić information content (AvgIpc) is 2.96. The molecule has 0 bridgehead atoms. The fourth-order valence-electron chi connectivity index (χ4n) is 5.65. The molecule has 0 aliphatic heterocycles. The minimum atomic E-state index is -3.76. The van der Waals surface area contributed by atoms with E-state index in [0.717, 1.165) is 65.3 Å². The van der Waals surface area contributed by atoms with Gasteiger partial charge in [0.1, 0.15) is 11.4 Å². The maximum absolute atomic E-state index is 12.9. The molecule has 1 aliphatic carbocycles. The Hall–Kier alpha value is -4.25. The number of pyridine rings is 1. The van der Waals surface area contributed by atoms with Crippen molar-refractivity contribution in [3.8, 4) is 11.1 Å². The van der Waals surface area contributed by atoms with Crippen LogP contribution in [0.2, 0.25) is 0 Å². The van der Waals surface area contributed by atoms with E-state index >= 15 is 0 Å². The number of aromatic nitrogens is 3. The minimum absolute atomic E-state index is 0.0980. The molecule has 11 heteroatoms. The zero-order valence-corrected chi connectivity index (χ0v) is 27.6. The Morgan fingerprint density at radius 2 is 1.71 bits per heavy atom. The lowest BCUT2D eigenvalue weighted by atomic mass is 9.91. The third-order valence-electron chi connectivity index (χ3n) is 7.86. The molecular weight excluding hydrogens is 588 g/mol. The molecule has 0 atom stereocenters. The summed E-state index contributed by atoms with van der Waals surface area (Å²) in [5.74, 6) is 0.861. The number of ether oxygens (including phenoxy) is 1. The Bertz CT molecular complexity index is 1810. The molecule has 10 nitrogen and oxygen atoms in total. The highest BCUT2D eigenvalue weighted by Crippen LogP contribution is 2.31. The van der Waals surface area contributed by atoms with Crippen LogP contribution >= 0.6 is 0 Å². The first-order valence-electron chi connectivity index (χ1n) is 15.4. The van der Waals surface area contributed by atoms with Crippen LogP contribution in [0.3, 0.4) is 0 Å². The van der Waals surface area contributed by atoms with Crippen molar-refractivity contribution in [2.75, 3.05) is 10.0 Å². The largest absolute Gasteiger partial charge is 0.444 e. The molecule has 1 amide bonds. The van der Waals surface area contributed by atoms with Gasteiger partial charge in [-0.3, -0.25) is 4.72 Å². The Kier molecular flexibility index (Phi) is 9.29. The van der Waals surface area contributed by atoms with Crippen molar-refractivity contribution in [1.29, 1.82) is 0 Å². The summed E-state index contributed by atoms with van der Waals surface area (Å²) in [6, 6.07) is 14.8.